The minimum atomic E-state index is 0.844. The Morgan fingerprint density at radius 2 is 1.90 bits per heavy atom. The molecule has 0 saturated carbocycles. The minimum absolute atomic E-state index is 0.844. The van der Waals surface area contributed by atoms with Gasteiger partial charge in [0.25, 0.3) is 0 Å². The topological polar surface area (TPSA) is 53.9 Å². The maximum absolute atomic E-state index is 4.56. The number of para-hydroxylation sites is 1. The molecule has 2 aliphatic rings. The van der Waals surface area contributed by atoms with E-state index in [1.165, 1.54) is 22.3 Å². The first-order chi connectivity index (χ1) is 14.8. The SMILES string of the molecule is C1=Cc2cccc(CN3Cc4ncnc(Nc5cnc6ccccc6c5)c4C3)c2C1. The molecule has 0 amide bonds. The van der Waals surface area contributed by atoms with Crippen molar-refractivity contribution in [1.82, 2.24) is 19.9 Å². The van der Waals surface area contributed by atoms with Crippen molar-refractivity contribution < 1.29 is 0 Å². The Labute approximate surface area is 175 Å². The maximum Gasteiger partial charge on any atom is 0.138 e. The Bertz CT molecular complexity index is 1290. The van der Waals surface area contributed by atoms with Crippen molar-refractivity contribution in [1.29, 1.82) is 0 Å². The average Bonchev–Trinajstić information content (AvgIpc) is 3.41. The van der Waals surface area contributed by atoms with Crippen molar-refractivity contribution in [2.24, 2.45) is 0 Å². The fourth-order valence-electron chi connectivity index (χ4n) is 4.49. The second-order valence-electron chi connectivity index (χ2n) is 7.93. The molecule has 4 aromatic rings. The van der Waals surface area contributed by atoms with Crippen LogP contribution in [0.3, 0.4) is 0 Å². The summed E-state index contributed by atoms with van der Waals surface area (Å²) in [6.45, 7) is 2.62. The minimum Gasteiger partial charge on any atom is -0.339 e. The van der Waals surface area contributed by atoms with E-state index in [9.17, 15) is 0 Å². The zero-order chi connectivity index (χ0) is 19.9. The Morgan fingerprint density at radius 1 is 0.933 bits per heavy atom. The first kappa shape index (κ1) is 17.3. The van der Waals surface area contributed by atoms with Gasteiger partial charge in [0.05, 0.1) is 23.1 Å². The highest BCUT2D eigenvalue weighted by molar-refractivity contribution is 5.82. The average molecular weight is 391 g/mol. The number of nitrogens with zero attached hydrogens (tertiary/aromatic N) is 4. The van der Waals surface area contributed by atoms with Crippen LogP contribution in [0.1, 0.15) is 27.9 Å². The Kier molecular flexibility index (Phi) is 4.06. The first-order valence-electron chi connectivity index (χ1n) is 10.3. The van der Waals surface area contributed by atoms with Crippen molar-refractivity contribution in [2.45, 2.75) is 26.1 Å². The van der Waals surface area contributed by atoms with Gasteiger partial charge in [-0.3, -0.25) is 9.88 Å². The summed E-state index contributed by atoms with van der Waals surface area (Å²) < 4.78 is 0. The van der Waals surface area contributed by atoms with Crippen LogP contribution in [0.5, 0.6) is 0 Å². The van der Waals surface area contributed by atoms with Crippen molar-refractivity contribution in [3.8, 4) is 0 Å². The number of anilines is 2. The smallest absolute Gasteiger partial charge is 0.138 e. The van der Waals surface area contributed by atoms with Crippen LogP contribution in [-0.2, 0) is 26.1 Å². The molecule has 6 rings (SSSR count). The molecule has 0 bridgehead atoms. The van der Waals surface area contributed by atoms with Crippen LogP contribution in [-0.4, -0.2) is 19.9 Å². The van der Waals surface area contributed by atoms with Crippen LogP contribution in [0.25, 0.3) is 17.0 Å². The van der Waals surface area contributed by atoms with Crippen molar-refractivity contribution in [2.75, 3.05) is 5.32 Å². The van der Waals surface area contributed by atoms with Gasteiger partial charge in [-0.15, -0.1) is 0 Å². The molecule has 5 heteroatoms. The molecule has 0 unspecified atom stereocenters. The molecule has 146 valence electrons. The summed E-state index contributed by atoms with van der Waals surface area (Å²) in [6, 6.07) is 16.9. The molecule has 0 fully saturated rings. The van der Waals surface area contributed by atoms with Crippen LogP contribution in [0.15, 0.2) is 67.1 Å². The van der Waals surface area contributed by atoms with Gasteiger partial charge in [0.15, 0.2) is 0 Å². The standard InChI is InChI=1S/C25H21N5/c1-2-10-23-18(5-1)11-20(12-26-23)29-25-22-14-30(15-24(22)27-16-28-25)13-19-8-3-6-17-7-4-9-21(17)19/h1-8,10-12,16H,9,13-15H2,(H,27,28,29). The summed E-state index contributed by atoms with van der Waals surface area (Å²) >= 11 is 0. The van der Waals surface area contributed by atoms with E-state index in [-0.39, 0.29) is 0 Å². The lowest BCUT2D eigenvalue weighted by Crippen LogP contribution is -2.17. The van der Waals surface area contributed by atoms with E-state index in [2.05, 4.69) is 67.7 Å². The lowest BCUT2D eigenvalue weighted by atomic mass is 10.0. The van der Waals surface area contributed by atoms with Gasteiger partial charge >= 0.3 is 0 Å². The maximum atomic E-state index is 4.56. The predicted molar refractivity (Wildman–Crippen MR) is 119 cm³/mol. The Balaban J connectivity index is 1.25. The third kappa shape index (κ3) is 3.04. The van der Waals surface area contributed by atoms with Gasteiger partial charge in [-0.2, -0.15) is 0 Å². The number of aromatic nitrogens is 3. The molecule has 0 spiro atoms. The molecule has 0 radical (unpaired) electrons. The zero-order valence-electron chi connectivity index (χ0n) is 16.5. The number of rotatable bonds is 4. The van der Waals surface area contributed by atoms with Gasteiger partial charge < -0.3 is 5.32 Å². The third-order valence-electron chi connectivity index (χ3n) is 5.97. The van der Waals surface area contributed by atoms with E-state index in [1.54, 1.807) is 6.33 Å². The van der Waals surface area contributed by atoms with Crippen molar-refractivity contribution >= 4 is 28.5 Å². The molecular formula is C25H21N5. The molecule has 1 aliphatic carbocycles. The van der Waals surface area contributed by atoms with Crippen molar-refractivity contribution in [3.63, 3.8) is 0 Å². The number of nitrogens with one attached hydrogen (secondary N) is 1. The highest BCUT2D eigenvalue weighted by Gasteiger charge is 2.25. The molecular weight excluding hydrogens is 370 g/mol. The molecule has 30 heavy (non-hydrogen) atoms. The van der Waals surface area contributed by atoms with Crippen molar-refractivity contribution in [3.05, 3.63) is 95.1 Å². The zero-order valence-corrected chi connectivity index (χ0v) is 16.5. The van der Waals surface area contributed by atoms with E-state index in [1.807, 2.05) is 24.4 Å². The molecule has 0 atom stereocenters. The second-order valence-corrected chi connectivity index (χ2v) is 7.93. The number of fused-ring (bicyclic) bond motifs is 3. The van der Waals surface area contributed by atoms with E-state index in [0.717, 1.165) is 54.2 Å². The molecule has 1 N–H and O–H groups in total. The molecule has 2 aromatic carbocycles. The quantitative estimate of drug-likeness (QED) is 0.539. The molecule has 3 heterocycles. The summed E-state index contributed by atoms with van der Waals surface area (Å²) in [6.07, 6.45) is 9.03. The van der Waals surface area contributed by atoms with Crippen LogP contribution >= 0.6 is 0 Å². The normalized spacial score (nSPS) is 14.8. The van der Waals surface area contributed by atoms with Gasteiger partial charge in [-0.25, -0.2) is 9.97 Å². The monoisotopic (exact) mass is 391 g/mol. The van der Waals surface area contributed by atoms with Crippen LogP contribution in [0.4, 0.5) is 11.5 Å². The van der Waals surface area contributed by atoms with E-state index in [4.69, 9.17) is 0 Å². The number of benzene rings is 2. The fourth-order valence-corrected chi connectivity index (χ4v) is 4.49. The van der Waals surface area contributed by atoms with Gasteiger partial charge in [0.1, 0.15) is 12.1 Å². The third-order valence-corrected chi connectivity index (χ3v) is 5.97. The molecule has 1 aliphatic heterocycles. The summed E-state index contributed by atoms with van der Waals surface area (Å²) in [4.78, 5) is 16.1. The Hall–Kier alpha value is -3.57. The largest absolute Gasteiger partial charge is 0.339 e. The van der Waals surface area contributed by atoms with E-state index < -0.39 is 0 Å². The lowest BCUT2D eigenvalue weighted by molar-refractivity contribution is 0.273. The lowest BCUT2D eigenvalue weighted by Gasteiger charge is -2.17. The number of hydrogen-bond acceptors (Lipinski definition) is 5. The van der Waals surface area contributed by atoms with E-state index in [0.29, 0.717) is 0 Å². The van der Waals surface area contributed by atoms with Gasteiger partial charge in [-0.1, -0.05) is 48.6 Å². The Morgan fingerprint density at radius 3 is 2.90 bits per heavy atom. The van der Waals surface area contributed by atoms with Crippen LogP contribution in [0.2, 0.25) is 0 Å². The van der Waals surface area contributed by atoms with Crippen LogP contribution in [0, 0.1) is 0 Å². The summed E-state index contributed by atoms with van der Waals surface area (Å²) in [5, 5.41) is 4.58. The summed E-state index contributed by atoms with van der Waals surface area (Å²) in [5.74, 6) is 0.875. The number of allylic oxidation sites excluding steroid dienone is 1. The van der Waals surface area contributed by atoms with Gasteiger partial charge in [0, 0.05) is 30.6 Å². The summed E-state index contributed by atoms with van der Waals surface area (Å²) in [5.41, 5.74) is 8.44. The fraction of sp³-hybridized carbons (Fsp3) is 0.160. The second kappa shape index (κ2) is 7.04. The predicted octanol–water partition coefficient (Wildman–Crippen LogP) is 4.85. The highest BCUT2D eigenvalue weighted by Crippen LogP contribution is 2.31. The van der Waals surface area contributed by atoms with Gasteiger partial charge in [-0.05, 0) is 35.2 Å². The van der Waals surface area contributed by atoms with Gasteiger partial charge in [0.2, 0.25) is 0 Å². The molecule has 2 aromatic heterocycles. The van der Waals surface area contributed by atoms with Crippen LogP contribution < -0.4 is 5.32 Å². The number of pyridine rings is 1. The first-order valence-corrected chi connectivity index (χ1v) is 10.3. The number of hydrogen-bond donors (Lipinski definition) is 1. The molecule has 5 nitrogen and oxygen atoms in total. The summed E-state index contributed by atoms with van der Waals surface area (Å²) in [7, 11) is 0. The van der Waals surface area contributed by atoms with E-state index >= 15 is 0 Å². The highest BCUT2D eigenvalue weighted by atomic mass is 15.2. The molecule has 0 saturated heterocycles.